The molecule has 24 heavy (non-hydrogen) atoms. The molecule has 1 aliphatic heterocycles. The molecule has 0 amide bonds. The van der Waals surface area contributed by atoms with Gasteiger partial charge in [-0.2, -0.15) is 0 Å². The lowest BCUT2D eigenvalue weighted by Crippen LogP contribution is -2.48. The van der Waals surface area contributed by atoms with Crippen LogP contribution in [0.1, 0.15) is 44.6 Å². The normalized spacial score (nSPS) is 31.2. The zero-order chi connectivity index (χ0) is 16.3. The van der Waals surface area contributed by atoms with Crippen molar-refractivity contribution < 1.29 is 5.11 Å². The highest BCUT2D eigenvalue weighted by molar-refractivity contribution is 8.00. The molecule has 4 heteroatoms. The molecule has 0 radical (unpaired) electrons. The highest BCUT2D eigenvalue weighted by atomic mass is 32.2. The molecule has 2 aromatic rings. The third-order valence-corrected chi connectivity index (χ3v) is 7.08. The van der Waals surface area contributed by atoms with Crippen LogP contribution in [-0.2, 0) is 5.72 Å². The van der Waals surface area contributed by atoms with Crippen LogP contribution in [0.3, 0.4) is 0 Å². The number of rotatable bonds is 1. The van der Waals surface area contributed by atoms with Gasteiger partial charge in [-0.15, -0.1) is 0 Å². The molecule has 1 N–H and O–H groups in total. The van der Waals surface area contributed by atoms with E-state index in [1.54, 1.807) is 11.8 Å². The van der Waals surface area contributed by atoms with Gasteiger partial charge in [-0.1, -0.05) is 54.6 Å². The Morgan fingerprint density at radius 2 is 2.08 bits per heavy atom. The minimum Gasteiger partial charge on any atom is -0.365 e. The number of aromatic nitrogens is 2. The molecule has 1 saturated carbocycles. The Morgan fingerprint density at radius 3 is 2.92 bits per heavy atom. The van der Waals surface area contributed by atoms with Gasteiger partial charge in [0.05, 0.1) is 15.9 Å². The second kappa shape index (κ2) is 5.24. The minimum atomic E-state index is -1.01. The SMILES string of the molecule is CC1Sc2nc3c(n2C1(O)c1ccccc1)=CCC1CCCCC=31. The predicted molar refractivity (Wildman–Crippen MR) is 97.0 cm³/mol. The maximum atomic E-state index is 11.7. The van der Waals surface area contributed by atoms with E-state index in [2.05, 4.69) is 17.6 Å². The van der Waals surface area contributed by atoms with Crippen molar-refractivity contribution in [3.05, 3.63) is 46.6 Å². The van der Waals surface area contributed by atoms with Gasteiger partial charge < -0.3 is 5.11 Å². The van der Waals surface area contributed by atoms with E-state index in [1.165, 1.54) is 31.3 Å². The summed E-state index contributed by atoms with van der Waals surface area (Å²) < 4.78 is 2.10. The highest BCUT2D eigenvalue weighted by Gasteiger charge is 2.47. The Morgan fingerprint density at radius 1 is 1.25 bits per heavy atom. The first kappa shape index (κ1) is 14.8. The average molecular weight is 338 g/mol. The first-order valence-corrected chi connectivity index (χ1v) is 9.84. The van der Waals surface area contributed by atoms with Crippen LogP contribution < -0.4 is 10.7 Å². The summed E-state index contributed by atoms with van der Waals surface area (Å²) >= 11 is 1.69. The fourth-order valence-electron chi connectivity index (χ4n) is 4.62. The maximum absolute atomic E-state index is 11.7. The van der Waals surface area contributed by atoms with E-state index in [9.17, 15) is 5.11 Å². The van der Waals surface area contributed by atoms with Gasteiger partial charge in [-0.05, 0) is 44.1 Å². The smallest absolute Gasteiger partial charge is 0.182 e. The fraction of sp³-hybridized carbons (Fsp3) is 0.450. The van der Waals surface area contributed by atoms with Crippen molar-refractivity contribution in [1.82, 2.24) is 9.55 Å². The minimum absolute atomic E-state index is 0.0511. The number of fused-ring (bicyclic) bond motifs is 4. The molecule has 0 spiro atoms. The van der Waals surface area contributed by atoms with Crippen LogP contribution in [0, 0.1) is 5.92 Å². The molecular formula is C20H22N2OS. The molecule has 3 unspecified atom stereocenters. The van der Waals surface area contributed by atoms with Crippen LogP contribution in [0.5, 0.6) is 0 Å². The van der Waals surface area contributed by atoms with Crippen molar-refractivity contribution in [2.24, 2.45) is 5.92 Å². The van der Waals surface area contributed by atoms with Gasteiger partial charge in [0.25, 0.3) is 0 Å². The Labute approximate surface area is 146 Å². The first-order valence-electron chi connectivity index (χ1n) is 8.96. The van der Waals surface area contributed by atoms with Crippen LogP contribution >= 0.6 is 11.8 Å². The molecule has 3 nitrogen and oxygen atoms in total. The lowest BCUT2D eigenvalue weighted by Gasteiger charge is -2.31. The summed E-state index contributed by atoms with van der Waals surface area (Å²) in [5, 5.41) is 15.0. The molecule has 3 aliphatic rings. The molecule has 124 valence electrons. The Hall–Kier alpha value is -1.52. The van der Waals surface area contributed by atoms with Crippen LogP contribution in [0.25, 0.3) is 11.6 Å². The summed E-state index contributed by atoms with van der Waals surface area (Å²) in [5.41, 5.74) is 1.47. The Kier molecular flexibility index (Phi) is 3.23. The summed E-state index contributed by atoms with van der Waals surface area (Å²) in [7, 11) is 0. The summed E-state index contributed by atoms with van der Waals surface area (Å²) in [5.74, 6) is 0.675. The number of hydrogen-bond acceptors (Lipinski definition) is 3. The first-order chi connectivity index (χ1) is 11.7. The summed E-state index contributed by atoms with van der Waals surface area (Å²) in [6, 6.07) is 10.1. The molecule has 1 aromatic carbocycles. The number of nitrogens with zero attached hydrogens (tertiary/aromatic N) is 2. The van der Waals surface area contributed by atoms with Gasteiger partial charge in [0.1, 0.15) is 0 Å². The number of hydrogen-bond donors (Lipinski definition) is 1. The highest BCUT2D eigenvalue weighted by Crippen LogP contribution is 2.44. The molecule has 1 fully saturated rings. The van der Waals surface area contributed by atoms with E-state index in [0.717, 1.165) is 27.8 Å². The summed E-state index contributed by atoms with van der Waals surface area (Å²) in [4.78, 5) is 4.98. The van der Waals surface area contributed by atoms with Crippen molar-refractivity contribution in [1.29, 1.82) is 0 Å². The molecule has 2 aliphatic carbocycles. The van der Waals surface area contributed by atoms with Gasteiger partial charge in [0.2, 0.25) is 0 Å². The Balaban J connectivity index is 1.78. The fourth-order valence-corrected chi connectivity index (χ4v) is 5.83. The largest absolute Gasteiger partial charge is 0.365 e. The molecule has 3 atom stereocenters. The molecule has 5 rings (SSSR count). The second-order valence-corrected chi connectivity index (χ2v) is 8.53. The van der Waals surface area contributed by atoms with Crippen molar-refractivity contribution in [2.45, 2.75) is 55.2 Å². The quantitative estimate of drug-likeness (QED) is 0.868. The standard InChI is InChI=1S/C20H22N2OS/c1-13-20(23,15-8-3-2-4-9-15)22-17-12-11-14-7-5-6-10-16(14)18(17)21-19(22)24-13/h2-4,8-9,12-14,23H,5-7,10-11H2,1H3. The molecule has 1 aromatic heterocycles. The van der Waals surface area contributed by atoms with E-state index < -0.39 is 5.72 Å². The van der Waals surface area contributed by atoms with Gasteiger partial charge in [0, 0.05) is 5.56 Å². The zero-order valence-corrected chi connectivity index (χ0v) is 14.7. The van der Waals surface area contributed by atoms with E-state index in [1.807, 2.05) is 30.3 Å². The van der Waals surface area contributed by atoms with Crippen LogP contribution in [0.4, 0.5) is 0 Å². The van der Waals surface area contributed by atoms with E-state index in [0.29, 0.717) is 5.92 Å². The number of imidazole rings is 1. The lowest BCUT2D eigenvalue weighted by molar-refractivity contribution is 0.00422. The molecule has 0 bridgehead atoms. The summed E-state index contributed by atoms with van der Waals surface area (Å²) in [6.45, 7) is 2.10. The van der Waals surface area contributed by atoms with Gasteiger partial charge in [-0.25, -0.2) is 4.98 Å². The van der Waals surface area contributed by atoms with Crippen LogP contribution in [-0.4, -0.2) is 19.9 Å². The monoisotopic (exact) mass is 338 g/mol. The second-order valence-electron chi connectivity index (χ2n) is 7.22. The van der Waals surface area contributed by atoms with Gasteiger partial charge in [-0.3, -0.25) is 4.57 Å². The Bertz CT molecular complexity index is 917. The molecule has 0 saturated heterocycles. The predicted octanol–water partition coefficient (Wildman–Crippen LogP) is 2.60. The van der Waals surface area contributed by atoms with Crippen LogP contribution in [0.15, 0.2) is 35.5 Å². The number of aliphatic hydroxyl groups is 1. The van der Waals surface area contributed by atoms with Crippen molar-refractivity contribution in [3.63, 3.8) is 0 Å². The maximum Gasteiger partial charge on any atom is 0.182 e. The lowest BCUT2D eigenvalue weighted by atomic mass is 9.80. The van der Waals surface area contributed by atoms with E-state index >= 15 is 0 Å². The molecule has 2 heterocycles. The van der Waals surface area contributed by atoms with Crippen LogP contribution in [0.2, 0.25) is 0 Å². The summed E-state index contributed by atoms with van der Waals surface area (Å²) in [6.07, 6.45) is 8.49. The molecular weight excluding hydrogens is 316 g/mol. The third kappa shape index (κ3) is 1.87. The zero-order valence-electron chi connectivity index (χ0n) is 13.9. The number of benzene rings is 1. The van der Waals surface area contributed by atoms with Gasteiger partial charge in [0.15, 0.2) is 10.9 Å². The van der Waals surface area contributed by atoms with Crippen molar-refractivity contribution in [3.8, 4) is 0 Å². The van der Waals surface area contributed by atoms with Crippen molar-refractivity contribution >= 4 is 23.4 Å². The van der Waals surface area contributed by atoms with E-state index in [-0.39, 0.29) is 5.25 Å². The average Bonchev–Trinajstić information content (AvgIpc) is 3.11. The van der Waals surface area contributed by atoms with Gasteiger partial charge >= 0.3 is 0 Å². The third-order valence-electron chi connectivity index (χ3n) is 5.91. The van der Waals surface area contributed by atoms with Crippen molar-refractivity contribution in [2.75, 3.05) is 0 Å². The number of thioether (sulfide) groups is 1. The topological polar surface area (TPSA) is 38.0 Å². The van der Waals surface area contributed by atoms with E-state index in [4.69, 9.17) is 4.98 Å².